The third kappa shape index (κ3) is 4.22. The summed E-state index contributed by atoms with van der Waals surface area (Å²) in [7, 11) is 1.74. The molecule has 1 aromatic carbocycles. The van der Waals surface area contributed by atoms with Gasteiger partial charge >= 0.3 is 6.03 Å². The maximum absolute atomic E-state index is 11.9. The SMILES string of the molecule is Cn1cc(C(C)(O)CNC(=O)Nc2ccc(C#N)c(Cl)c2)cn1. The average molecular weight is 334 g/mol. The smallest absolute Gasteiger partial charge is 0.319 e. The quantitative estimate of drug-likeness (QED) is 0.795. The second-order valence-electron chi connectivity index (χ2n) is 5.29. The number of urea groups is 1. The molecule has 0 fully saturated rings. The Morgan fingerprint density at radius 2 is 2.30 bits per heavy atom. The van der Waals surface area contributed by atoms with Crippen molar-refractivity contribution in [1.82, 2.24) is 15.1 Å². The lowest BCUT2D eigenvalue weighted by atomic mass is 10.00. The number of hydrogen-bond acceptors (Lipinski definition) is 4. The van der Waals surface area contributed by atoms with Crippen LogP contribution in [0.1, 0.15) is 18.1 Å². The van der Waals surface area contributed by atoms with Crippen molar-refractivity contribution in [2.24, 2.45) is 7.05 Å². The summed E-state index contributed by atoms with van der Waals surface area (Å²) in [5.74, 6) is 0. The second kappa shape index (κ2) is 6.69. The van der Waals surface area contributed by atoms with Crippen LogP contribution in [0.4, 0.5) is 10.5 Å². The summed E-state index contributed by atoms with van der Waals surface area (Å²) in [6.45, 7) is 1.59. The summed E-state index contributed by atoms with van der Waals surface area (Å²) in [6, 6.07) is 6.02. The van der Waals surface area contributed by atoms with Crippen LogP contribution in [-0.4, -0.2) is 27.5 Å². The number of hydrogen-bond donors (Lipinski definition) is 3. The molecule has 0 spiro atoms. The van der Waals surface area contributed by atoms with Gasteiger partial charge in [0.15, 0.2) is 0 Å². The minimum atomic E-state index is -1.24. The zero-order valence-corrected chi connectivity index (χ0v) is 13.4. The van der Waals surface area contributed by atoms with Gasteiger partial charge < -0.3 is 15.7 Å². The maximum atomic E-state index is 11.9. The van der Waals surface area contributed by atoms with Gasteiger partial charge in [-0.25, -0.2) is 4.79 Å². The van der Waals surface area contributed by atoms with Crippen LogP contribution < -0.4 is 10.6 Å². The molecule has 1 aromatic heterocycles. The molecule has 0 radical (unpaired) electrons. The molecule has 2 amide bonds. The van der Waals surface area contributed by atoms with Crippen molar-refractivity contribution in [3.63, 3.8) is 0 Å². The molecule has 8 heteroatoms. The number of aryl methyl sites for hydroxylation is 1. The van der Waals surface area contributed by atoms with E-state index in [1.54, 1.807) is 37.1 Å². The Labute approximate surface area is 138 Å². The van der Waals surface area contributed by atoms with Crippen LogP contribution in [0.2, 0.25) is 5.02 Å². The number of nitrogens with one attached hydrogen (secondary N) is 2. The number of carbonyl (C=O) groups excluding carboxylic acids is 1. The molecular weight excluding hydrogens is 318 g/mol. The van der Waals surface area contributed by atoms with E-state index < -0.39 is 11.6 Å². The van der Waals surface area contributed by atoms with Gasteiger partial charge in [-0.3, -0.25) is 4.68 Å². The van der Waals surface area contributed by atoms with Crippen molar-refractivity contribution < 1.29 is 9.90 Å². The summed E-state index contributed by atoms with van der Waals surface area (Å²) in [5.41, 5.74) is 0.139. The van der Waals surface area contributed by atoms with Crippen molar-refractivity contribution in [3.8, 4) is 6.07 Å². The summed E-state index contributed by atoms with van der Waals surface area (Å²) >= 11 is 5.90. The Morgan fingerprint density at radius 3 is 2.87 bits per heavy atom. The van der Waals surface area contributed by atoms with E-state index in [1.807, 2.05) is 6.07 Å². The van der Waals surface area contributed by atoms with Crippen molar-refractivity contribution in [2.45, 2.75) is 12.5 Å². The molecule has 1 heterocycles. The van der Waals surface area contributed by atoms with Crippen molar-refractivity contribution in [1.29, 1.82) is 5.26 Å². The monoisotopic (exact) mass is 333 g/mol. The van der Waals surface area contributed by atoms with Crippen LogP contribution in [0.15, 0.2) is 30.6 Å². The lowest BCUT2D eigenvalue weighted by molar-refractivity contribution is 0.0599. The number of nitrogens with zero attached hydrogens (tertiary/aromatic N) is 3. The number of aliphatic hydroxyl groups is 1. The minimum absolute atomic E-state index is 0.00847. The normalized spacial score (nSPS) is 13.0. The highest BCUT2D eigenvalue weighted by molar-refractivity contribution is 6.32. The Bertz CT molecular complexity index is 763. The number of amides is 2. The van der Waals surface area contributed by atoms with Gasteiger partial charge in [-0.15, -0.1) is 0 Å². The van der Waals surface area contributed by atoms with Gasteiger partial charge in [-0.2, -0.15) is 10.4 Å². The first-order chi connectivity index (χ1) is 10.8. The Kier molecular flexibility index (Phi) is 4.89. The van der Waals surface area contributed by atoms with E-state index in [-0.39, 0.29) is 11.6 Å². The molecule has 0 saturated carbocycles. The molecule has 0 aliphatic rings. The molecule has 1 atom stereocenters. The van der Waals surface area contributed by atoms with E-state index in [0.29, 0.717) is 16.8 Å². The number of rotatable bonds is 4. The van der Waals surface area contributed by atoms with E-state index >= 15 is 0 Å². The summed E-state index contributed by atoms with van der Waals surface area (Å²) in [4.78, 5) is 11.9. The molecule has 1 unspecified atom stereocenters. The Balaban J connectivity index is 1.95. The van der Waals surface area contributed by atoms with Gasteiger partial charge in [0.25, 0.3) is 0 Å². The molecule has 7 nitrogen and oxygen atoms in total. The van der Waals surface area contributed by atoms with Crippen LogP contribution in [0.25, 0.3) is 0 Å². The minimum Gasteiger partial charge on any atom is -0.383 e. The molecule has 0 saturated heterocycles. The predicted octanol–water partition coefficient (Wildman–Crippen LogP) is 1.97. The zero-order chi connectivity index (χ0) is 17.0. The molecular formula is C15H16ClN5O2. The van der Waals surface area contributed by atoms with E-state index in [1.165, 1.54) is 12.1 Å². The number of halogens is 1. The van der Waals surface area contributed by atoms with Gasteiger partial charge in [-0.1, -0.05) is 11.6 Å². The first-order valence-electron chi connectivity index (χ1n) is 6.78. The van der Waals surface area contributed by atoms with E-state index in [9.17, 15) is 9.90 Å². The van der Waals surface area contributed by atoms with Crippen LogP contribution in [0.5, 0.6) is 0 Å². The number of benzene rings is 1. The van der Waals surface area contributed by atoms with Crippen LogP contribution in [0.3, 0.4) is 0 Å². The molecule has 2 aromatic rings. The fourth-order valence-electron chi connectivity index (χ4n) is 1.91. The Morgan fingerprint density at radius 1 is 1.57 bits per heavy atom. The maximum Gasteiger partial charge on any atom is 0.319 e. The number of carbonyl (C=O) groups is 1. The summed E-state index contributed by atoms with van der Waals surface area (Å²) < 4.78 is 1.57. The lowest BCUT2D eigenvalue weighted by Crippen LogP contribution is -2.40. The molecule has 0 bridgehead atoms. The number of nitriles is 1. The molecule has 2 rings (SSSR count). The fraction of sp³-hybridized carbons (Fsp3) is 0.267. The van der Waals surface area contributed by atoms with E-state index in [0.717, 1.165) is 0 Å². The van der Waals surface area contributed by atoms with Crippen LogP contribution in [0, 0.1) is 11.3 Å². The highest BCUT2D eigenvalue weighted by Gasteiger charge is 2.25. The summed E-state index contributed by atoms with van der Waals surface area (Å²) in [6.07, 6.45) is 3.22. The van der Waals surface area contributed by atoms with Crippen LogP contribution >= 0.6 is 11.6 Å². The second-order valence-corrected chi connectivity index (χ2v) is 5.70. The highest BCUT2D eigenvalue weighted by Crippen LogP contribution is 2.21. The average Bonchev–Trinajstić information content (AvgIpc) is 2.93. The van der Waals surface area contributed by atoms with Crippen molar-refractivity contribution >= 4 is 23.3 Å². The van der Waals surface area contributed by atoms with Crippen LogP contribution in [-0.2, 0) is 12.6 Å². The van der Waals surface area contributed by atoms with Gasteiger partial charge in [0.05, 0.1) is 23.3 Å². The van der Waals surface area contributed by atoms with E-state index in [4.69, 9.17) is 16.9 Å². The number of aromatic nitrogens is 2. The third-order valence-electron chi connectivity index (χ3n) is 3.27. The lowest BCUT2D eigenvalue weighted by Gasteiger charge is -2.22. The van der Waals surface area contributed by atoms with Crippen molar-refractivity contribution in [3.05, 3.63) is 46.7 Å². The largest absolute Gasteiger partial charge is 0.383 e. The third-order valence-corrected chi connectivity index (χ3v) is 3.58. The van der Waals surface area contributed by atoms with E-state index in [2.05, 4.69) is 15.7 Å². The topological polar surface area (TPSA) is 103 Å². The molecule has 23 heavy (non-hydrogen) atoms. The first-order valence-corrected chi connectivity index (χ1v) is 7.15. The molecule has 0 aliphatic carbocycles. The van der Waals surface area contributed by atoms with Gasteiger partial charge in [0.1, 0.15) is 11.7 Å². The molecule has 120 valence electrons. The fourth-order valence-corrected chi connectivity index (χ4v) is 2.14. The van der Waals surface area contributed by atoms with Gasteiger partial charge in [0.2, 0.25) is 0 Å². The van der Waals surface area contributed by atoms with Crippen molar-refractivity contribution in [2.75, 3.05) is 11.9 Å². The molecule has 3 N–H and O–H groups in total. The summed E-state index contributed by atoms with van der Waals surface area (Å²) in [5, 5.41) is 28.6. The molecule has 0 aliphatic heterocycles. The highest BCUT2D eigenvalue weighted by atomic mass is 35.5. The first kappa shape index (κ1) is 16.8. The zero-order valence-electron chi connectivity index (χ0n) is 12.7. The number of anilines is 1. The standard InChI is InChI=1S/C15H16ClN5O2/c1-15(23,11-7-19-21(2)8-11)9-18-14(22)20-12-4-3-10(6-17)13(16)5-12/h3-5,7-8,23H,9H2,1-2H3,(H2,18,20,22). The Hall–Kier alpha value is -2.56. The predicted molar refractivity (Wildman–Crippen MR) is 86.0 cm³/mol. The van der Waals surface area contributed by atoms with Gasteiger partial charge in [0, 0.05) is 24.5 Å². The van der Waals surface area contributed by atoms with Gasteiger partial charge in [-0.05, 0) is 25.1 Å².